The summed E-state index contributed by atoms with van der Waals surface area (Å²) in [6, 6.07) is 2.00. The van der Waals surface area contributed by atoms with Crippen molar-refractivity contribution in [3.8, 4) is 0 Å². The highest BCUT2D eigenvalue weighted by Crippen LogP contribution is 2.23. The largest absolute Gasteiger partial charge is 0.356 e. The van der Waals surface area contributed by atoms with Gasteiger partial charge < -0.3 is 4.90 Å². The lowest BCUT2D eigenvalue weighted by Crippen LogP contribution is -2.33. The minimum Gasteiger partial charge on any atom is -0.356 e. The van der Waals surface area contributed by atoms with Crippen LogP contribution < -0.4 is 4.90 Å². The molecule has 82 valence electrons. The third-order valence-corrected chi connectivity index (χ3v) is 3.31. The van der Waals surface area contributed by atoms with E-state index in [2.05, 4.69) is 37.7 Å². The minimum absolute atomic E-state index is 0.831. The van der Waals surface area contributed by atoms with E-state index in [0.29, 0.717) is 0 Å². The summed E-state index contributed by atoms with van der Waals surface area (Å²) in [4.78, 5) is 11.0. The van der Waals surface area contributed by atoms with Gasteiger partial charge >= 0.3 is 0 Å². The molecule has 1 aliphatic heterocycles. The highest BCUT2D eigenvalue weighted by atomic mass is 79.9. The average Bonchev–Trinajstić information content (AvgIpc) is 2.17. The van der Waals surface area contributed by atoms with Gasteiger partial charge in [0.25, 0.3) is 0 Å². The number of hydrogen-bond acceptors (Lipinski definition) is 3. The van der Waals surface area contributed by atoms with Crippen LogP contribution in [0.4, 0.5) is 5.82 Å². The van der Waals surface area contributed by atoms with Gasteiger partial charge in [-0.25, -0.2) is 9.97 Å². The van der Waals surface area contributed by atoms with E-state index in [-0.39, 0.29) is 0 Å². The lowest BCUT2D eigenvalue weighted by Gasteiger charge is -2.31. The molecule has 1 fully saturated rings. The van der Waals surface area contributed by atoms with Crippen LogP contribution in [-0.2, 0) is 0 Å². The van der Waals surface area contributed by atoms with E-state index in [1.54, 1.807) is 0 Å². The molecule has 2 rings (SSSR count). The van der Waals surface area contributed by atoms with Crippen molar-refractivity contribution in [2.24, 2.45) is 5.92 Å². The number of halogens is 1. The van der Waals surface area contributed by atoms with Crippen molar-refractivity contribution >= 4 is 21.7 Å². The maximum Gasteiger partial charge on any atom is 0.133 e. The summed E-state index contributed by atoms with van der Waals surface area (Å²) in [6.45, 7) is 6.48. The van der Waals surface area contributed by atoms with Crippen molar-refractivity contribution < 1.29 is 0 Å². The van der Waals surface area contributed by atoms with Crippen LogP contribution in [0.3, 0.4) is 0 Å². The summed E-state index contributed by atoms with van der Waals surface area (Å²) in [6.07, 6.45) is 2.53. The van der Waals surface area contributed by atoms with Crippen molar-refractivity contribution in [3.05, 3.63) is 16.5 Å². The molecule has 0 aliphatic carbocycles. The summed E-state index contributed by atoms with van der Waals surface area (Å²) in [5.41, 5.74) is 0. The zero-order valence-electron chi connectivity index (χ0n) is 9.20. The molecule has 4 heteroatoms. The van der Waals surface area contributed by atoms with Crippen molar-refractivity contribution in [2.75, 3.05) is 18.0 Å². The summed E-state index contributed by atoms with van der Waals surface area (Å²) in [5, 5.41) is 0. The molecule has 0 unspecified atom stereocenters. The molecule has 0 bridgehead atoms. The summed E-state index contributed by atoms with van der Waals surface area (Å²) in [5.74, 6) is 2.74. The fourth-order valence-electron chi connectivity index (χ4n) is 1.92. The number of aryl methyl sites for hydroxylation is 1. The van der Waals surface area contributed by atoms with Crippen LogP contribution in [0.2, 0.25) is 0 Å². The zero-order valence-corrected chi connectivity index (χ0v) is 10.8. The van der Waals surface area contributed by atoms with Crippen LogP contribution in [0, 0.1) is 12.8 Å². The van der Waals surface area contributed by atoms with Crippen molar-refractivity contribution in [1.82, 2.24) is 9.97 Å². The Bertz CT molecular complexity index is 325. The molecule has 15 heavy (non-hydrogen) atoms. The van der Waals surface area contributed by atoms with Gasteiger partial charge in [0.05, 0.1) is 0 Å². The van der Waals surface area contributed by atoms with Crippen molar-refractivity contribution in [3.63, 3.8) is 0 Å². The van der Waals surface area contributed by atoms with E-state index < -0.39 is 0 Å². The molecule has 0 radical (unpaired) electrons. The summed E-state index contributed by atoms with van der Waals surface area (Å²) in [7, 11) is 0. The molecule has 0 spiro atoms. The van der Waals surface area contributed by atoms with Crippen molar-refractivity contribution in [1.29, 1.82) is 0 Å². The highest BCUT2D eigenvalue weighted by Gasteiger charge is 2.17. The lowest BCUT2D eigenvalue weighted by molar-refractivity contribution is 0.436. The van der Waals surface area contributed by atoms with Crippen LogP contribution in [0.1, 0.15) is 25.6 Å². The number of hydrogen-bond donors (Lipinski definition) is 0. The Morgan fingerprint density at radius 3 is 2.60 bits per heavy atom. The molecule has 2 heterocycles. The summed E-state index contributed by atoms with van der Waals surface area (Å²) >= 11 is 3.41. The van der Waals surface area contributed by atoms with E-state index in [9.17, 15) is 0 Å². The second-order valence-electron chi connectivity index (χ2n) is 4.27. The van der Waals surface area contributed by atoms with Gasteiger partial charge in [0, 0.05) is 19.2 Å². The number of aromatic nitrogens is 2. The first kappa shape index (κ1) is 10.9. The molecule has 1 saturated heterocycles. The number of rotatable bonds is 1. The summed E-state index contributed by atoms with van der Waals surface area (Å²) < 4.78 is 0.878. The molecule has 0 saturated carbocycles. The molecule has 1 aromatic rings. The Hall–Kier alpha value is -0.640. The molecule has 0 atom stereocenters. The zero-order chi connectivity index (χ0) is 10.8. The second kappa shape index (κ2) is 4.47. The quantitative estimate of drug-likeness (QED) is 0.735. The van der Waals surface area contributed by atoms with E-state index >= 15 is 0 Å². The molecule has 1 aliphatic rings. The molecular weight excluding hydrogens is 254 g/mol. The van der Waals surface area contributed by atoms with Gasteiger partial charge in [0.15, 0.2) is 0 Å². The highest BCUT2D eigenvalue weighted by molar-refractivity contribution is 9.10. The molecule has 0 aromatic carbocycles. The first-order valence-corrected chi connectivity index (χ1v) is 6.20. The fourth-order valence-corrected chi connectivity index (χ4v) is 2.38. The molecule has 0 N–H and O–H groups in total. The molecular formula is C11H16BrN3. The third-order valence-electron chi connectivity index (χ3n) is 2.90. The van der Waals surface area contributed by atoms with Crippen LogP contribution in [0.25, 0.3) is 0 Å². The van der Waals surface area contributed by atoms with Gasteiger partial charge in [-0.2, -0.15) is 0 Å². The first-order chi connectivity index (χ1) is 7.15. The fraction of sp³-hybridized carbons (Fsp3) is 0.636. The van der Waals surface area contributed by atoms with E-state index in [1.807, 2.05) is 13.0 Å². The number of nitrogens with zero attached hydrogens (tertiary/aromatic N) is 3. The monoisotopic (exact) mass is 269 g/mol. The predicted octanol–water partition coefficient (Wildman–Crippen LogP) is 2.78. The smallest absolute Gasteiger partial charge is 0.133 e. The maximum absolute atomic E-state index is 4.47. The average molecular weight is 270 g/mol. The Kier molecular flexibility index (Phi) is 3.24. The Balaban J connectivity index is 2.15. The second-order valence-corrected chi connectivity index (χ2v) is 5.08. The van der Waals surface area contributed by atoms with Gasteiger partial charge in [-0.05, 0) is 41.6 Å². The standard InChI is InChI=1S/C11H16BrN3/c1-8-3-5-15(6-4-8)11-7-10(12)13-9(2)14-11/h7-8H,3-6H2,1-2H3. The van der Waals surface area contributed by atoms with Crippen molar-refractivity contribution in [2.45, 2.75) is 26.7 Å². The van der Waals surface area contributed by atoms with Gasteiger partial charge in [-0.1, -0.05) is 6.92 Å². The van der Waals surface area contributed by atoms with E-state index in [4.69, 9.17) is 0 Å². The van der Waals surface area contributed by atoms with Crippen LogP contribution in [0.5, 0.6) is 0 Å². The van der Waals surface area contributed by atoms with Crippen LogP contribution in [-0.4, -0.2) is 23.1 Å². The lowest BCUT2D eigenvalue weighted by atomic mass is 9.99. The molecule has 3 nitrogen and oxygen atoms in total. The topological polar surface area (TPSA) is 29.0 Å². The Morgan fingerprint density at radius 2 is 2.00 bits per heavy atom. The van der Waals surface area contributed by atoms with Gasteiger partial charge in [0.2, 0.25) is 0 Å². The number of anilines is 1. The predicted molar refractivity (Wildman–Crippen MR) is 65.1 cm³/mol. The minimum atomic E-state index is 0.831. The molecule has 1 aromatic heterocycles. The maximum atomic E-state index is 4.47. The Morgan fingerprint density at radius 1 is 1.33 bits per heavy atom. The van der Waals surface area contributed by atoms with Crippen LogP contribution >= 0.6 is 15.9 Å². The first-order valence-electron chi connectivity index (χ1n) is 5.41. The van der Waals surface area contributed by atoms with Gasteiger partial charge in [-0.15, -0.1) is 0 Å². The SMILES string of the molecule is Cc1nc(Br)cc(N2CCC(C)CC2)n1. The van der Waals surface area contributed by atoms with Gasteiger partial charge in [0.1, 0.15) is 16.2 Å². The third kappa shape index (κ3) is 2.68. The van der Waals surface area contributed by atoms with Crippen LogP contribution in [0.15, 0.2) is 10.7 Å². The molecule has 0 amide bonds. The normalized spacial score (nSPS) is 18.2. The van der Waals surface area contributed by atoms with E-state index in [1.165, 1.54) is 12.8 Å². The van der Waals surface area contributed by atoms with E-state index in [0.717, 1.165) is 35.3 Å². The Labute approximate surface area is 99.0 Å². The number of piperidine rings is 1. The van der Waals surface area contributed by atoms with Gasteiger partial charge in [-0.3, -0.25) is 0 Å².